The highest BCUT2D eigenvalue weighted by Crippen LogP contribution is 2.42. The van der Waals surface area contributed by atoms with E-state index in [2.05, 4.69) is 10.3 Å². The zero-order chi connectivity index (χ0) is 27.8. The fourth-order valence-electron chi connectivity index (χ4n) is 5.17. The van der Waals surface area contributed by atoms with E-state index in [1.165, 1.54) is 13.0 Å². The molecule has 0 bridgehead atoms. The van der Waals surface area contributed by atoms with Gasteiger partial charge in [0.25, 0.3) is 0 Å². The molecule has 1 aliphatic carbocycles. The van der Waals surface area contributed by atoms with Crippen LogP contribution in [0.1, 0.15) is 56.2 Å². The van der Waals surface area contributed by atoms with Crippen molar-refractivity contribution in [3.63, 3.8) is 0 Å². The molecule has 1 N–H and O–H groups in total. The van der Waals surface area contributed by atoms with Crippen LogP contribution >= 0.6 is 0 Å². The minimum Gasteiger partial charge on any atom is -0.351 e. The zero-order valence-corrected chi connectivity index (χ0v) is 21.2. The summed E-state index contributed by atoms with van der Waals surface area (Å²) in [5.41, 5.74) is 0.437. The van der Waals surface area contributed by atoms with Gasteiger partial charge in [-0.25, -0.2) is 21.6 Å². The van der Waals surface area contributed by atoms with Gasteiger partial charge in [0.2, 0.25) is 15.9 Å². The number of carbonyl (C=O) groups excluding carboxylic acids is 1. The molecule has 1 saturated carbocycles. The average Bonchev–Trinajstić information content (AvgIpc) is 3.18. The molecule has 1 aliphatic heterocycles. The molecule has 1 aromatic carbocycles. The second-order valence-electron chi connectivity index (χ2n) is 9.81. The highest BCUT2D eigenvalue weighted by atomic mass is 32.2. The van der Waals surface area contributed by atoms with Gasteiger partial charge in [0.05, 0.1) is 23.1 Å². The summed E-state index contributed by atoms with van der Waals surface area (Å²) in [5, 5.41) is 2.45. The predicted molar refractivity (Wildman–Crippen MR) is 125 cm³/mol. The van der Waals surface area contributed by atoms with Gasteiger partial charge in [0.1, 0.15) is 23.8 Å². The highest BCUT2D eigenvalue weighted by molar-refractivity contribution is 7.89. The first-order valence-corrected chi connectivity index (χ1v) is 13.6. The third-order valence-corrected chi connectivity index (χ3v) is 9.40. The van der Waals surface area contributed by atoms with Crippen molar-refractivity contribution >= 4 is 15.9 Å². The van der Waals surface area contributed by atoms with Crippen molar-refractivity contribution in [1.82, 2.24) is 14.6 Å². The van der Waals surface area contributed by atoms with Gasteiger partial charge in [0.15, 0.2) is 0 Å². The first kappa shape index (κ1) is 28.3. The van der Waals surface area contributed by atoms with Crippen molar-refractivity contribution in [2.75, 3.05) is 0 Å². The first-order valence-electron chi connectivity index (χ1n) is 12.2. The Balaban J connectivity index is 1.46. The maximum absolute atomic E-state index is 14.6. The maximum Gasteiger partial charge on any atom is 0.391 e. The standard InChI is InChI=1S/C25H27F6N3O3S/c1-14-20(27)11-23(34(14)38(36,37)19-8-6-18(26)7-9-19)24(35)33-12-16-10-22(32-13-21(16)28)15-2-4-17(5-3-15)25(29,30)31/h6-10,13-15,17,20,23H,2-5,11-12H2,1H3,(H,33,35). The summed E-state index contributed by atoms with van der Waals surface area (Å²) < 4.78 is 108. The lowest BCUT2D eigenvalue weighted by molar-refractivity contribution is -0.182. The molecule has 2 fully saturated rings. The van der Waals surface area contributed by atoms with Crippen LogP contribution in [0.4, 0.5) is 26.3 Å². The molecule has 0 spiro atoms. The van der Waals surface area contributed by atoms with Gasteiger partial charge in [-0.3, -0.25) is 9.78 Å². The second kappa shape index (κ2) is 10.8. The number of benzene rings is 1. The number of amides is 1. The van der Waals surface area contributed by atoms with E-state index < -0.39 is 64.3 Å². The maximum atomic E-state index is 14.6. The molecule has 0 radical (unpaired) electrons. The Labute approximate surface area is 216 Å². The summed E-state index contributed by atoms with van der Waals surface area (Å²) in [4.78, 5) is 16.7. The monoisotopic (exact) mass is 563 g/mol. The Kier molecular flexibility index (Phi) is 8.08. The molecule has 3 atom stereocenters. The van der Waals surface area contributed by atoms with Gasteiger partial charge >= 0.3 is 6.18 Å². The van der Waals surface area contributed by atoms with Gasteiger partial charge in [0, 0.05) is 30.1 Å². The number of rotatable bonds is 6. The van der Waals surface area contributed by atoms with Crippen LogP contribution in [0.5, 0.6) is 0 Å². The van der Waals surface area contributed by atoms with Crippen molar-refractivity contribution in [2.45, 2.75) is 80.8 Å². The molecule has 2 aliphatic rings. The van der Waals surface area contributed by atoms with E-state index in [0.717, 1.165) is 34.8 Å². The SMILES string of the molecule is CC1C(F)CC(C(=O)NCc2cc(C3CCC(C(F)(F)F)CC3)ncc2F)N1S(=O)(=O)c1ccc(F)cc1. The lowest BCUT2D eigenvalue weighted by Gasteiger charge is -2.29. The minimum absolute atomic E-state index is 0.0251. The number of hydrogen-bond donors (Lipinski definition) is 1. The first-order chi connectivity index (χ1) is 17.8. The molecular formula is C25H27F6N3O3S. The van der Waals surface area contributed by atoms with Crippen molar-refractivity contribution in [1.29, 1.82) is 0 Å². The van der Waals surface area contributed by atoms with E-state index in [1.807, 2.05) is 0 Å². The Morgan fingerprint density at radius 3 is 2.34 bits per heavy atom. The number of carbonyl (C=O) groups is 1. The number of hydrogen-bond acceptors (Lipinski definition) is 4. The smallest absolute Gasteiger partial charge is 0.351 e. The fraction of sp³-hybridized carbons (Fsp3) is 0.520. The summed E-state index contributed by atoms with van der Waals surface area (Å²) in [7, 11) is -4.36. The van der Waals surface area contributed by atoms with Crippen LogP contribution in [0.25, 0.3) is 0 Å². The van der Waals surface area contributed by atoms with Crippen LogP contribution in [0.3, 0.4) is 0 Å². The third-order valence-electron chi connectivity index (χ3n) is 7.39. The van der Waals surface area contributed by atoms with Gasteiger partial charge in [-0.15, -0.1) is 0 Å². The predicted octanol–water partition coefficient (Wildman–Crippen LogP) is 5.00. The molecule has 4 rings (SSSR count). The number of nitrogens with zero attached hydrogens (tertiary/aromatic N) is 2. The van der Waals surface area contributed by atoms with Crippen molar-refractivity contribution in [2.24, 2.45) is 5.92 Å². The normalized spacial score (nSPS) is 26.9. The summed E-state index contributed by atoms with van der Waals surface area (Å²) in [5.74, 6) is -3.92. The lowest BCUT2D eigenvalue weighted by Crippen LogP contribution is -2.48. The Hall–Kier alpha value is -2.67. The van der Waals surface area contributed by atoms with E-state index in [9.17, 15) is 39.6 Å². The number of aromatic nitrogens is 1. The molecule has 38 heavy (non-hydrogen) atoms. The Morgan fingerprint density at radius 2 is 1.74 bits per heavy atom. The van der Waals surface area contributed by atoms with Crippen LogP contribution in [0.15, 0.2) is 41.4 Å². The number of halogens is 6. The van der Waals surface area contributed by atoms with Gasteiger partial charge in [-0.1, -0.05) is 0 Å². The highest BCUT2D eigenvalue weighted by Gasteiger charge is 2.49. The van der Waals surface area contributed by atoms with E-state index in [4.69, 9.17) is 0 Å². The zero-order valence-electron chi connectivity index (χ0n) is 20.4. The summed E-state index contributed by atoms with van der Waals surface area (Å²) >= 11 is 0. The van der Waals surface area contributed by atoms with Crippen LogP contribution < -0.4 is 5.32 Å². The van der Waals surface area contributed by atoms with Crippen molar-refractivity contribution in [3.05, 3.63) is 59.4 Å². The molecule has 6 nitrogen and oxygen atoms in total. The fourth-order valence-corrected chi connectivity index (χ4v) is 6.98. The van der Waals surface area contributed by atoms with E-state index in [1.54, 1.807) is 0 Å². The van der Waals surface area contributed by atoms with Crippen molar-refractivity contribution < 1.29 is 39.6 Å². The van der Waals surface area contributed by atoms with Crippen molar-refractivity contribution in [3.8, 4) is 0 Å². The molecule has 2 heterocycles. The van der Waals surface area contributed by atoms with Crippen LogP contribution in [-0.2, 0) is 21.4 Å². The van der Waals surface area contributed by atoms with Crippen LogP contribution in [-0.4, -0.2) is 48.0 Å². The summed E-state index contributed by atoms with van der Waals surface area (Å²) in [6.45, 7) is 0.964. The van der Waals surface area contributed by atoms with Crippen LogP contribution in [0.2, 0.25) is 0 Å². The quantitative estimate of drug-likeness (QED) is 0.502. The van der Waals surface area contributed by atoms with Gasteiger partial charge < -0.3 is 5.32 Å². The van der Waals surface area contributed by atoms with Gasteiger partial charge in [-0.05, 0) is 62.9 Å². The molecule has 1 saturated heterocycles. The second-order valence-corrected chi connectivity index (χ2v) is 11.6. The molecule has 3 unspecified atom stereocenters. The molecule has 208 valence electrons. The summed E-state index contributed by atoms with van der Waals surface area (Å²) in [6.07, 6.45) is -5.01. The summed E-state index contributed by atoms with van der Waals surface area (Å²) in [6, 6.07) is 2.72. The number of pyridine rings is 1. The topological polar surface area (TPSA) is 79.4 Å². The van der Waals surface area contributed by atoms with Crippen LogP contribution in [0, 0.1) is 17.6 Å². The third kappa shape index (κ3) is 5.83. The van der Waals surface area contributed by atoms with Gasteiger partial charge in [-0.2, -0.15) is 17.5 Å². The molecule has 13 heteroatoms. The number of alkyl halides is 4. The molecular weight excluding hydrogens is 536 g/mol. The molecule has 2 aromatic rings. The van der Waals surface area contributed by atoms with E-state index >= 15 is 0 Å². The number of sulfonamides is 1. The molecule has 1 amide bonds. The lowest BCUT2D eigenvalue weighted by atomic mass is 9.80. The minimum atomic E-state index is -4.36. The average molecular weight is 564 g/mol. The molecule has 1 aromatic heterocycles. The van der Waals surface area contributed by atoms with E-state index in [-0.39, 0.29) is 48.6 Å². The Bertz CT molecular complexity index is 1260. The number of nitrogens with one attached hydrogen (secondary N) is 1. The van der Waals surface area contributed by atoms with E-state index in [0.29, 0.717) is 5.69 Å². The Morgan fingerprint density at radius 1 is 1.11 bits per heavy atom. The largest absolute Gasteiger partial charge is 0.391 e.